The van der Waals surface area contributed by atoms with E-state index >= 15 is 0 Å². The summed E-state index contributed by atoms with van der Waals surface area (Å²) in [5.74, 6) is -14.5. The Bertz CT molecular complexity index is 1980. The number of esters is 1. The van der Waals surface area contributed by atoms with Gasteiger partial charge in [-0.3, -0.25) is 19.2 Å². The number of hydrogen-bond donors (Lipinski definition) is 1. The number of ether oxygens (including phenoxy) is 3. The number of hydrogen-bond acceptors (Lipinski definition) is 7. The Morgan fingerprint density at radius 1 is 0.672 bits per heavy atom. The molecule has 58 heavy (non-hydrogen) atoms. The van der Waals surface area contributed by atoms with Gasteiger partial charge in [-0.15, -0.1) is 0 Å². The Morgan fingerprint density at radius 2 is 1.26 bits per heavy atom. The molecule has 10 nitrogen and oxygen atoms in total. The minimum atomic E-state index is -2.36. The maximum absolute atomic E-state index is 13.7. The van der Waals surface area contributed by atoms with E-state index in [1.54, 1.807) is 4.90 Å². The molecule has 0 unspecified atom stereocenters. The molecule has 0 bridgehead atoms. The van der Waals surface area contributed by atoms with E-state index in [1.165, 1.54) is 0 Å². The molecule has 15 heteroatoms. The van der Waals surface area contributed by atoms with E-state index in [9.17, 15) is 41.1 Å². The fourth-order valence-electron chi connectivity index (χ4n) is 7.80. The van der Waals surface area contributed by atoms with E-state index in [1.807, 2.05) is 59.5 Å². The number of likely N-dealkylation sites (tertiary alicyclic amines) is 1. The SMILES string of the molecule is O=C(CCOCCOCCC(=O)N1CCC2(CCC(C(=O)NCCC(=O)N3Cc4ccccc4/C=C\c4ccccc43)CC2)CC1)Oc1c(F)c(F)c(F)c(F)c1F. The molecule has 1 saturated heterocycles. The van der Waals surface area contributed by atoms with Gasteiger partial charge in [-0.2, -0.15) is 8.78 Å². The summed E-state index contributed by atoms with van der Waals surface area (Å²) in [6.07, 6.45) is 8.99. The van der Waals surface area contributed by atoms with Crippen LogP contribution in [0.2, 0.25) is 0 Å². The minimum absolute atomic E-state index is 0.0182. The van der Waals surface area contributed by atoms with E-state index < -0.39 is 47.2 Å². The van der Waals surface area contributed by atoms with Gasteiger partial charge in [0.05, 0.1) is 51.5 Å². The highest BCUT2D eigenvalue weighted by molar-refractivity contribution is 5.97. The molecule has 1 spiro atoms. The van der Waals surface area contributed by atoms with Gasteiger partial charge >= 0.3 is 5.97 Å². The molecule has 0 aromatic heterocycles. The summed E-state index contributed by atoms with van der Waals surface area (Å²) in [6.45, 7) is 1.96. The summed E-state index contributed by atoms with van der Waals surface area (Å²) in [4.78, 5) is 55.0. The zero-order valence-corrected chi connectivity index (χ0v) is 32.0. The first-order chi connectivity index (χ1) is 28.0. The van der Waals surface area contributed by atoms with Crippen LogP contribution >= 0.6 is 0 Å². The van der Waals surface area contributed by atoms with Crippen molar-refractivity contribution in [3.8, 4) is 5.75 Å². The van der Waals surface area contributed by atoms with Crippen LogP contribution in [0.1, 0.15) is 74.5 Å². The quantitative estimate of drug-likeness (QED) is 0.0461. The summed E-state index contributed by atoms with van der Waals surface area (Å²) in [5.41, 5.74) is 4.03. The highest BCUT2D eigenvalue weighted by atomic mass is 19.2. The number of nitrogens with one attached hydrogen (secondary N) is 1. The summed E-state index contributed by atoms with van der Waals surface area (Å²) >= 11 is 0. The molecular formula is C43H46F5N3O7. The van der Waals surface area contributed by atoms with Gasteiger partial charge in [0.25, 0.3) is 0 Å². The molecule has 3 amide bonds. The van der Waals surface area contributed by atoms with Crippen LogP contribution in [0.25, 0.3) is 12.2 Å². The first kappa shape index (κ1) is 42.5. The van der Waals surface area contributed by atoms with Gasteiger partial charge in [-0.1, -0.05) is 54.6 Å². The molecule has 0 radical (unpaired) electrons. The maximum atomic E-state index is 13.7. The van der Waals surface area contributed by atoms with Crippen LogP contribution in [0, 0.1) is 40.4 Å². The standard InChI is InChI=1S/C43H46F5N3O7/c44-36-37(45)39(47)41(40(48)38(36)46)58-35(54)15-24-57-26-25-56-23-14-33(52)50-21-18-43(19-22-50)16-11-30(12-17-43)42(55)49-20-13-34(53)51-27-31-7-2-1-5-28(31)9-10-29-6-3-4-8-32(29)51/h1-10,30H,11-27H2,(H,49,55)/b10-9-. The second-order valence-corrected chi connectivity index (χ2v) is 14.9. The van der Waals surface area contributed by atoms with Crippen LogP contribution < -0.4 is 15.0 Å². The van der Waals surface area contributed by atoms with Crippen LogP contribution in [-0.2, 0) is 35.2 Å². The average molecular weight is 812 g/mol. The maximum Gasteiger partial charge on any atom is 0.313 e. The molecule has 1 N–H and O–H groups in total. The lowest BCUT2D eigenvalue weighted by molar-refractivity contribution is -0.137. The smallest absolute Gasteiger partial charge is 0.313 e. The van der Waals surface area contributed by atoms with E-state index in [0.29, 0.717) is 19.6 Å². The van der Waals surface area contributed by atoms with Crippen molar-refractivity contribution in [2.45, 2.75) is 64.3 Å². The lowest BCUT2D eigenvalue weighted by Gasteiger charge is -2.45. The molecule has 3 aromatic rings. The highest BCUT2D eigenvalue weighted by Crippen LogP contribution is 2.46. The molecule has 2 fully saturated rings. The predicted octanol–water partition coefficient (Wildman–Crippen LogP) is 7.12. The normalized spacial score (nSPS) is 16.8. The fraction of sp³-hybridized carbons (Fsp3) is 0.442. The predicted molar refractivity (Wildman–Crippen MR) is 204 cm³/mol. The van der Waals surface area contributed by atoms with Crippen molar-refractivity contribution in [3.05, 3.63) is 94.3 Å². The molecule has 2 heterocycles. The van der Waals surface area contributed by atoms with Crippen LogP contribution in [0.15, 0.2) is 48.5 Å². The molecule has 3 aromatic carbocycles. The lowest BCUT2D eigenvalue weighted by Crippen LogP contribution is -2.46. The van der Waals surface area contributed by atoms with Crippen LogP contribution in [0.4, 0.5) is 27.6 Å². The molecule has 1 saturated carbocycles. The Morgan fingerprint density at radius 3 is 1.95 bits per heavy atom. The molecule has 2 aliphatic heterocycles. The Labute approximate surface area is 333 Å². The number of para-hydroxylation sites is 1. The number of benzene rings is 3. The Kier molecular flexibility index (Phi) is 14.3. The van der Waals surface area contributed by atoms with Crippen molar-refractivity contribution >= 4 is 41.5 Å². The number of nitrogens with zero attached hydrogens (tertiary/aromatic N) is 2. The first-order valence-electron chi connectivity index (χ1n) is 19.5. The van der Waals surface area contributed by atoms with Gasteiger partial charge in [0, 0.05) is 32.0 Å². The number of amides is 3. The monoisotopic (exact) mass is 811 g/mol. The third kappa shape index (κ3) is 10.3. The van der Waals surface area contributed by atoms with E-state index in [2.05, 4.69) is 16.1 Å². The second-order valence-electron chi connectivity index (χ2n) is 14.9. The highest BCUT2D eigenvalue weighted by Gasteiger charge is 2.40. The summed E-state index contributed by atoms with van der Waals surface area (Å²) < 4.78 is 82.0. The number of anilines is 1. The molecule has 1 aliphatic carbocycles. The third-order valence-electron chi connectivity index (χ3n) is 11.3. The molecule has 3 aliphatic rings. The summed E-state index contributed by atoms with van der Waals surface area (Å²) in [7, 11) is 0. The van der Waals surface area contributed by atoms with Crippen molar-refractivity contribution in [1.29, 1.82) is 0 Å². The molecule has 0 atom stereocenters. The first-order valence-corrected chi connectivity index (χ1v) is 19.5. The van der Waals surface area contributed by atoms with E-state index in [0.717, 1.165) is 60.9 Å². The van der Waals surface area contributed by atoms with Crippen molar-refractivity contribution < 1.29 is 55.3 Å². The number of halogens is 5. The zero-order valence-electron chi connectivity index (χ0n) is 32.0. The average Bonchev–Trinajstić information content (AvgIpc) is 3.23. The second kappa shape index (κ2) is 19.5. The number of carbonyl (C=O) groups is 4. The lowest BCUT2D eigenvalue weighted by atomic mass is 9.65. The summed E-state index contributed by atoms with van der Waals surface area (Å²) in [5, 5.41) is 3.02. The number of piperidine rings is 1. The Balaban J connectivity index is 0.829. The largest absolute Gasteiger partial charge is 0.420 e. The number of rotatable bonds is 14. The van der Waals surface area contributed by atoms with Gasteiger partial charge in [-0.25, -0.2) is 13.2 Å². The zero-order chi connectivity index (χ0) is 41.2. The third-order valence-corrected chi connectivity index (χ3v) is 11.3. The van der Waals surface area contributed by atoms with Crippen LogP contribution in [-0.4, -0.2) is 74.7 Å². The van der Waals surface area contributed by atoms with Crippen molar-refractivity contribution in [3.63, 3.8) is 0 Å². The fourth-order valence-corrected chi connectivity index (χ4v) is 7.80. The topological polar surface area (TPSA) is 114 Å². The van der Waals surface area contributed by atoms with Crippen molar-refractivity contribution in [1.82, 2.24) is 10.2 Å². The van der Waals surface area contributed by atoms with Crippen LogP contribution in [0.3, 0.4) is 0 Å². The molecule has 6 rings (SSSR count). The van der Waals surface area contributed by atoms with Gasteiger partial charge in [-0.05, 0) is 66.7 Å². The van der Waals surface area contributed by atoms with E-state index in [-0.39, 0.29) is 74.9 Å². The van der Waals surface area contributed by atoms with Crippen LogP contribution in [0.5, 0.6) is 5.75 Å². The molecule has 310 valence electrons. The summed E-state index contributed by atoms with van der Waals surface area (Å²) in [6, 6.07) is 15.8. The van der Waals surface area contributed by atoms with Gasteiger partial charge in [0.15, 0.2) is 0 Å². The van der Waals surface area contributed by atoms with E-state index in [4.69, 9.17) is 9.47 Å². The molecular weight excluding hydrogens is 765 g/mol. The van der Waals surface area contributed by atoms with Gasteiger partial charge in [0.2, 0.25) is 52.6 Å². The van der Waals surface area contributed by atoms with Gasteiger partial charge < -0.3 is 29.3 Å². The minimum Gasteiger partial charge on any atom is -0.420 e. The number of carbonyl (C=O) groups excluding carboxylic acids is 4. The van der Waals surface area contributed by atoms with Gasteiger partial charge in [0.1, 0.15) is 0 Å². The Hall–Kier alpha value is -5.15. The van der Waals surface area contributed by atoms with Crippen molar-refractivity contribution in [2.75, 3.05) is 51.0 Å². The van der Waals surface area contributed by atoms with Crippen molar-refractivity contribution in [2.24, 2.45) is 11.3 Å². The number of fused-ring (bicyclic) bond motifs is 2.